The normalized spacial score (nSPS) is 22.0. The third kappa shape index (κ3) is 5.40. The van der Waals surface area contributed by atoms with Crippen molar-refractivity contribution < 1.29 is 9.47 Å². The number of hydrogen-bond donors (Lipinski definition) is 1. The predicted octanol–water partition coefficient (Wildman–Crippen LogP) is 3.71. The topological polar surface area (TPSA) is 30.5 Å². The van der Waals surface area contributed by atoms with Gasteiger partial charge in [-0.1, -0.05) is 12.8 Å². The molecule has 0 saturated heterocycles. The molecule has 2 atom stereocenters. The zero-order chi connectivity index (χ0) is 14.9. The molecule has 1 fully saturated rings. The molecule has 21 heavy (non-hydrogen) atoms. The molecule has 1 N–H and O–H groups in total. The van der Waals surface area contributed by atoms with E-state index in [1.54, 1.807) is 7.11 Å². The maximum Gasteiger partial charge on any atom is 0.119 e. The molecule has 0 radical (unpaired) electrons. The van der Waals surface area contributed by atoms with E-state index in [4.69, 9.17) is 21.1 Å². The summed E-state index contributed by atoms with van der Waals surface area (Å²) in [6, 6.07) is 7.69. The van der Waals surface area contributed by atoms with E-state index < -0.39 is 0 Å². The molecule has 2 unspecified atom stereocenters. The van der Waals surface area contributed by atoms with Crippen LogP contribution in [0.3, 0.4) is 0 Å². The van der Waals surface area contributed by atoms with Gasteiger partial charge in [-0.05, 0) is 55.5 Å². The largest absolute Gasteiger partial charge is 0.497 e. The lowest BCUT2D eigenvalue weighted by Gasteiger charge is -2.30. The first kappa shape index (κ1) is 16.4. The van der Waals surface area contributed by atoms with Crippen molar-refractivity contribution in [1.29, 1.82) is 0 Å². The summed E-state index contributed by atoms with van der Waals surface area (Å²) < 4.78 is 10.8. The zero-order valence-electron chi connectivity index (χ0n) is 12.8. The quantitative estimate of drug-likeness (QED) is 0.586. The van der Waals surface area contributed by atoms with E-state index in [-0.39, 0.29) is 0 Å². The summed E-state index contributed by atoms with van der Waals surface area (Å²) >= 11 is 6.06. The van der Waals surface area contributed by atoms with Crippen LogP contribution >= 0.6 is 11.6 Å². The molecule has 0 aromatic heterocycles. The Morgan fingerprint density at radius 3 is 2.43 bits per heavy atom. The van der Waals surface area contributed by atoms with Gasteiger partial charge in [-0.25, -0.2) is 0 Å². The summed E-state index contributed by atoms with van der Waals surface area (Å²) in [5, 5.41) is 3.50. The summed E-state index contributed by atoms with van der Waals surface area (Å²) in [4.78, 5) is 0. The molecule has 0 heterocycles. The first-order valence-electron chi connectivity index (χ1n) is 7.87. The van der Waals surface area contributed by atoms with Crippen LogP contribution in [0.4, 0.5) is 0 Å². The minimum atomic E-state index is 0.685. The summed E-state index contributed by atoms with van der Waals surface area (Å²) in [6.07, 6.45) is 5.29. The van der Waals surface area contributed by atoms with Gasteiger partial charge in [-0.3, -0.25) is 0 Å². The molecule has 2 rings (SSSR count). The third-order valence-electron chi connectivity index (χ3n) is 4.28. The molecule has 1 aromatic rings. The second-order valence-electron chi connectivity index (χ2n) is 5.69. The van der Waals surface area contributed by atoms with Gasteiger partial charge in [-0.15, -0.1) is 11.6 Å². The second kappa shape index (κ2) is 9.16. The zero-order valence-corrected chi connectivity index (χ0v) is 13.6. The standard InChI is InChI=1S/C17H26ClNO2/c1-20-16-6-8-17(9-7-16)21-11-10-19-13-15-5-3-2-4-14(15)12-18/h6-9,14-15,19H,2-5,10-13H2,1H3. The Labute approximate surface area is 133 Å². The number of alkyl halides is 1. The van der Waals surface area contributed by atoms with Crippen LogP contribution in [0, 0.1) is 11.8 Å². The van der Waals surface area contributed by atoms with Gasteiger partial charge in [0.1, 0.15) is 18.1 Å². The number of halogens is 1. The van der Waals surface area contributed by atoms with Crippen LogP contribution in [0.2, 0.25) is 0 Å². The number of rotatable bonds is 8. The van der Waals surface area contributed by atoms with E-state index in [2.05, 4.69) is 5.32 Å². The fourth-order valence-corrected chi connectivity index (χ4v) is 3.36. The van der Waals surface area contributed by atoms with E-state index in [9.17, 15) is 0 Å². The molecule has 0 amide bonds. The minimum absolute atomic E-state index is 0.685. The fourth-order valence-electron chi connectivity index (χ4n) is 2.96. The molecule has 3 nitrogen and oxygen atoms in total. The van der Waals surface area contributed by atoms with Crippen LogP contribution in [0.15, 0.2) is 24.3 Å². The number of ether oxygens (including phenoxy) is 2. The van der Waals surface area contributed by atoms with Gasteiger partial charge in [0.05, 0.1) is 7.11 Å². The van der Waals surface area contributed by atoms with Gasteiger partial charge in [0.15, 0.2) is 0 Å². The first-order valence-corrected chi connectivity index (χ1v) is 8.40. The Bertz CT molecular complexity index is 396. The van der Waals surface area contributed by atoms with Crippen LogP contribution < -0.4 is 14.8 Å². The summed E-state index contributed by atoms with van der Waals surface area (Å²) in [6.45, 7) is 2.62. The number of benzene rings is 1. The van der Waals surface area contributed by atoms with E-state index >= 15 is 0 Å². The molecule has 1 saturated carbocycles. The highest BCUT2D eigenvalue weighted by atomic mass is 35.5. The number of methoxy groups -OCH3 is 1. The van der Waals surface area contributed by atoms with Crippen molar-refractivity contribution in [3.05, 3.63) is 24.3 Å². The van der Waals surface area contributed by atoms with Gasteiger partial charge >= 0.3 is 0 Å². The smallest absolute Gasteiger partial charge is 0.119 e. The average Bonchev–Trinajstić information content (AvgIpc) is 2.55. The Morgan fingerprint density at radius 2 is 1.76 bits per heavy atom. The Hall–Kier alpha value is -0.930. The fraction of sp³-hybridized carbons (Fsp3) is 0.647. The van der Waals surface area contributed by atoms with Crippen LogP contribution in [0.5, 0.6) is 11.5 Å². The molecule has 4 heteroatoms. The molecule has 0 aliphatic heterocycles. The van der Waals surface area contributed by atoms with Gasteiger partial charge in [0, 0.05) is 12.4 Å². The molecule has 118 valence electrons. The van der Waals surface area contributed by atoms with Crippen LogP contribution in [-0.2, 0) is 0 Å². The summed E-state index contributed by atoms with van der Waals surface area (Å²) in [5.41, 5.74) is 0. The SMILES string of the molecule is COc1ccc(OCCNCC2CCCCC2CCl)cc1. The van der Waals surface area contributed by atoms with Gasteiger partial charge in [-0.2, -0.15) is 0 Å². The molecular formula is C17H26ClNO2. The highest BCUT2D eigenvalue weighted by Crippen LogP contribution is 2.30. The molecule has 1 aliphatic rings. The molecule has 0 spiro atoms. The molecular weight excluding hydrogens is 286 g/mol. The number of nitrogens with one attached hydrogen (secondary N) is 1. The Morgan fingerprint density at radius 1 is 1.10 bits per heavy atom. The highest BCUT2D eigenvalue weighted by molar-refractivity contribution is 6.18. The van der Waals surface area contributed by atoms with Gasteiger partial charge in [0.2, 0.25) is 0 Å². The van der Waals surface area contributed by atoms with Crippen molar-refractivity contribution in [2.24, 2.45) is 11.8 Å². The third-order valence-corrected chi connectivity index (χ3v) is 4.67. The lowest BCUT2D eigenvalue weighted by atomic mass is 9.80. The highest BCUT2D eigenvalue weighted by Gasteiger charge is 2.23. The Balaban J connectivity index is 1.60. The maximum absolute atomic E-state index is 6.06. The minimum Gasteiger partial charge on any atom is -0.497 e. The monoisotopic (exact) mass is 311 g/mol. The first-order chi connectivity index (χ1) is 10.3. The van der Waals surface area contributed by atoms with Crippen LogP contribution in [-0.4, -0.2) is 32.7 Å². The van der Waals surface area contributed by atoms with E-state index in [1.165, 1.54) is 25.7 Å². The summed E-state index contributed by atoms with van der Waals surface area (Å²) in [5.74, 6) is 3.96. The van der Waals surface area contributed by atoms with Crippen molar-refractivity contribution in [3.8, 4) is 11.5 Å². The maximum atomic E-state index is 6.06. The van der Waals surface area contributed by atoms with Crippen molar-refractivity contribution >= 4 is 11.6 Å². The molecule has 1 aliphatic carbocycles. The average molecular weight is 312 g/mol. The van der Waals surface area contributed by atoms with Crippen LogP contribution in [0.25, 0.3) is 0 Å². The molecule has 1 aromatic carbocycles. The van der Waals surface area contributed by atoms with E-state index in [1.807, 2.05) is 24.3 Å². The lowest BCUT2D eigenvalue weighted by Crippen LogP contribution is -2.33. The van der Waals surface area contributed by atoms with Crippen molar-refractivity contribution in [1.82, 2.24) is 5.32 Å². The Kier molecular flexibility index (Phi) is 7.17. The van der Waals surface area contributed by atoms with Gasteiger partial charge < -0.3 is 14.8 Å². The molecule has 0 bridgehead atoms. The van der Waals surface area contributed by atoms with Crippen LogP contribution in [0.1, 0.15) is 25.7 Å². The van der Waals surface area contributed by atoms with Gasteiger partial charge in [0.25, 0.3) is 0 Å². The summed E-state index contributed by atoms with van der Waals surface area (Å²) in [7, 11) is 1.67. The lowest BCUT2D eigenvalue weighted by molar-refractivity contribution is 0.242. The van der Waals surface area contributed by atoms with Crippen molar-refractivity contribution in [2.75, 3.05) is 32.7 Å². The second-order valence-corrected chi connectivity index (χ2v) is 6.00. The van der Waals surface area contributed by atoms with E-state index in [0.717, 1.165) is 36.4 Å². The number of hydrogen-bond acceptors (Lipinski definition) is 3. The van der Waals surface area contributed by atoms with Crippen molar-refractivity contribution in [2.45, 2.75) is 25.7 Å². The predicted molar refractivity (Wildman–Crippen MR) is 87.5 cm³/mol. The van der Waals surface area contributed by atoms with Crippen molar-refractivity contribution in [3.63, 3.8) is 0 Å². The van der Waals surface area contributed by atoms with E-state index in [0.29, 0.717) is 12.5 Å².